The highest BCUT2D eigenvalue weighted by molar-refractivity contribution is 7.98. The predicted molar refractivity (Wildman–Crippen MR) is 116 cm³/mol. The van der Waals surface area contributed by atoms with Crippen molar-refractivity contribution in [2.24, 2.45) is 0 Å². The summed E-state index contributed by atoms with van der Waals surface area (Å²) in [5.74, 6) is 2.74. The van der Waals surface area contributed by atoms with Crippen molar-refractivity contribution in [1.29, 1.82) is 0 Å². The number of benzene rings is 3. The maximum atomic E-state index is 12.4. The lowest BCUT2D eigenvalue weighted by atomic mass is 10.2. The highest BCUT2D eigenvalue weighted by Gasteiger charge is 2.13. The van der Waals surface area contributed by atoms with Gasteiger partial charge in [-0.1, -0.05) is 41.9 Å². The van der Waals surface area contributed by atoms with Crippen LogP contribution in [0.5, 0.6) is 11.5 Å². The minimum absolute atomic E-state index is 0.216. The quantitative estimate of drug-likeness (QED) is 0.462. The Hall–Kier alpha value is -1.99. The van der Waals surface area contributed by atoms with E-state index in [1.54, 1.807) is 36.0 Å². The number of halogens is 1. The third-order valence-corrected chi connectivity index (χ3v) is 6.55. The third kappa shape index (κ3) is 6.27. The molecule has 0 aromatic heterocycles. The Morgan fingerprint density at radius 1 is 0.893 bits per heavy atom. The fourth-order valence-corrected chi connectivity index (χ4v) is 4.64. The molecule has 4 nitrogen and oxygen atoms in total. The number of nitrogens with one attached hydrogen (secondary N) is 1. The molecule has 3 aromatic rings. The van der Waals surface area contributed by atoms with Gasteiger partial charge in [0.05, 0.1) is 4.90 Å². The van der Waals surface area contributed by atoms with Crippen molar-refractivity contribution < 1.29 is 13.2 Å². The molecule has 3 rings (SSSR count). The second-order valence-electron chi connectivity index (χ2n) is 5.97. The fraction of sp³-hybridized carbons (Fsp3) is 0.143. The molecule has 7 heteroatoms. The minimum Gasteiger partial charge on any atom is -0.457 e. The van der Waals surface area contributed by atoms with Gasteiger partial charge in [-0.2, -0.15) is 11.8 Å². The Balaban J connectivity index is 1.47. The number of ether oxygens (including phenoxy) is 1. The topological polar surface area (TPSA) is 55.4 Å². The molecule has 0 aliphatic carbocycles. The molecule has 0 unspecified atom stereocenters. The molecule has 0 saturated carbocycles. The zero-order valence-electron chi connectivity index (χ0n) is 15.0. The van der Waals surface area contributed by atoms with E-state index in [0.29, 0.717) is 28.8 Å². The maximum Gasteiger partial charge on any atom is 0.240 e. The molecule has 0 spiro atoms. The summed E-state index contributed by atoms with van der Waals surface area (Å²) in [5.41, 5.74) is 1.12. The highest BCUT2D eigenvalue weighted by Crippen LogP contribution is 2.22. The smallest absolute Gasteiger partial charge is 0.240 e. The van der Waals surface area contributed by atoms with Crippen molar-refractivity contribution >= 4 is 33.4 Å². The lowest BCUT2D eigenvalue weighted by molar-refractivity contribution is 0.482. The molecule has 0 aliphatic rings. The summed E-state index contributed by atoms with van der Waals surface area (Å²) in [6, 6.07) is 23.4. The van der Waals surface area contributed by atoms with Crippen molar-refractivity contribution in [1.82, 2.24) is 4.72 Å². The molecule has 0 amide bonds. The second-order valence-corrected chi connectivity index (χ2v) is 9.28. The van der Waals surface area contributed by atoms with Gasteiger partial charge in [0.25, 0.3) is 0 Å². The van der Waals surface area contributed by atoms with Crippen LogP contribution in [0, 0.1) is 0 Å². The molecule has 1 N–H and O–H groups in total. The van der Waals surface area contributed by atoms with Gasteiger partial charge in [0.15, 0.2) is 0 Å². The average molecular weight is 434 g/mol. The summed E-state index contributed by atoms with van der Waals surface area (Å²) in [6.07, 6.45) is 0. The Morgan fingerprint density at radius 2 is 1.61 bits per heavy atom. The molecular weight excluding hydrogens is 414 g/mol. The van der Waals surface area contributed by atoms with Gasteiger partial charge >= 0.3 is 0 Å². The van der Waals surface area contributed by atoms with Crippen molar-refractivity contribution in [2.45, 2.75) is 10.6 Å². The van der Waals surface area contributed by atoms with Crippen LogP contribution in [0.2, 0.25) is 5.02 Å². The SMILES string of the molecule is O=S(=O)(NCCSCc1cccc(Cl)c1)c1ccc(Oc2ccccc2)cc1. The molecule has 3 aromatic carbocycles. The number of hydrogen-bond acceptors (Lipinski definition) is 4. The van der Waals surface area contributed by atoms with Crippen LogP contribution in [0.15, 0.2) is 83.8 Å². The lowest BCUT2D eigenvalue weighted by Crippen LogP contribution is -2.26. The molecule has 0 radical (unpaired) electrons. The highest BCUT2D eigenvalue weighted by atomic mass is 35.5. The van der Waals surface area contributed by atoms with E-state index in [9.17, 15) is 8.42 Å². The Morgan fingerprint density at radius 3 is 2.32 bits per heavy atom. The van der Waals surface area contributed by atoms with Crippen LogP contribution < -0.4 is 9.46 Å². The van der Waals surface area contributed by atoms with Crippen LogP contribution in [0.1, 0.15) is 5.56 Å². The summed E-state index contributed by atoms with van der Waals surface area (Å²) >= 11 is 7.61. The van der Waals surface area contributed by atoms with E-state index < -0.39 is 10.0 Å². The van der Waals surface area contributed by atoms with Gasteiger partial charge in [-0.25, -0.2) is 13.1 Å². The molecule has 0 fully saturated rings. The van der Waals surface area contributed by atoms with Crippen LogP contribution in [0.25, 0.3) is 0 Å². The van der Waals surface area contributed by atoms with E-state index >= 15 is 0 Å². The van der Waals surface area contributed by atoms with Crippen molar-refractivity contribution in [3.63, 3.8) is 0 Å². The van der Waals surface area contributed by atoms with E-state index in [0.717, 1.165) is 11.3 Å². The van der Waals surface area contributed by atoms with Crippen LogP contribution in [0.3, 0.4) is 0 Å². The zero-order valence-corrected chi connectivity index (χ0v) is 17.4. The first-order valence-electron chi connectivity index (χ1n) is 8.68. The summed E-state index contributed by atoms with van der Waals surface area (Å²) < 4.78 is 33.1. The van der Waals surface area contributed by atoms with Gasteiger partial charge in [-0.05, 0) is 54.1 Å². The van der Waals surface area contributed by atoms with Crippen molar-refractivity contribution in [3.8, 4) is 11.5 Å². The number of rotatable bonds is 9. The summed E-state index contributed by atoms with van der Waals surface area (Å²) in [7, 11) is -3.54. The summed E-state index contributed by atoms with van der Waals surface area (Å²) in [5, 5.41) is 0.707. The number of sulfonamides is 1. The van der Waals surface area contributed by atoms with Gasteiger partial charge in [0, 0.05) is 23.1 Å². The monoisotopic (exact) mass is 433 g/mol. The van der Waals surface area contributed by atoms with E-state index in [1.807, 2.05) is 54.6 Å². The Kier molecular flexibility index (Phi) is 7.39. The molecule has 28 heavy (non-hydrogen) atoms. The van der Waals surface area contributed by atoms with Crippen LogP contribution >= 0.6 is 23.4 Å². The second kappa shape index (κ2) is 9.98. The molecule has 0 heterocycles. The van der Waals surface area contributed by atoms with Crippen molar-refractivity contribution in [3.05, 3.63) is 89.4 Å². The van der Waals surface area contributed by atoms with Gasteiger partial charge in [-0.3, -0.25) is 0 Å². The first kappa shape index (κ1) is 20.7. The molecule has 146 valence electrons. The van der Waals surface area contributed by atoms with Gasteiger partial charge in [-0.15, -0.1) is 0 Å². The normalized spacial score (nSPS) is 11.3. The van der Waals surface area contributed by atoms with Crippen LogP contribution in [-0.4, -0.2) is 20.7 Å². The van der Waals surface area contributed by atoms with E-state index in [1.165, 1.54) is 0 Å². The van der Waals surface area contributed by atoms with Gasteiger partial charge in [0.1, 0.15) is 11.5 Å². The van der Waals surface area contributed by atoms with Crippen LogP contribution in [0.4, 0.5) is 0 Å². The Labute approximate surface area is 174 Å². The first-order chi connectivity index (χ1) is 13.5. The molecule has 0 aliphatic heterocycles. The van der Waals surface area contributed by atoms with E-state index in [4.69, 9.17) is 16.3 Å². The number of para-hydroxylation sites is 1. The molecule has 0 bridgehead atoms. The fourth-order valence-electron chi connectivity index (χ4n) is 2.46. The number of hydrogen-bond donors (Lipinski definition) is 1. The zero-order chi connectivity index (χ0) is 19.8. The van der Waals surface area contributed by atoms with Gasteiger partial charge in [0.2, 0.25) is 10.0 Å². The summed E-state index contributed by atoms with van der Waals surface area (Å²) in [6.45, 7) is 0.357. The molecule has 0 saturated heterocycles. The molecular formula is C21H20ClNO3S2. The average Bonchev–Trinajstić information content (AvgIpc) is 2.69. The minimum atomic E-state index is -3.54. The van der Waals surface area contributed by atoms with Crippen molar-refractivity contribution in [2.75, 3.05) is 12.3 Å². The molecule has 0 atom stereocenters. The summed E-state index contributed by atoms with van der Waals surface area (Å²) in [4.78, 5) is 0.216. The predicted octanol–water partition coefficient (Wildman–Crippen LogP) is 5.34. The van der Waals surface area contributed by atoms with E-state index in [-0.39, 0.29) is 4.90 Å². The van der Waals surface area contributed by atoms with E-state index in [2.05, 4.69) is 4.72 Å². The third-order valence-electron chi connectivity index (χ3n) is 3.81. The maximum absolute atomic E-state index is 12.4. The lowest BCUT2D eigenvalue weighted by Gasteiger charge is -2.09. The largest absolute Gasteiger partial charge is 0.457 e. The first-order valence-corrected chi connectivity index (χ1v) is 11.7. The number of thioether (sulfide) groups is 1. The Bertz CT molecular complexity index is 994. The van der Waals surface area contributed by atoms with Gasteiger partial charge < -0.3 is 4.74 Å². The van der Waals surface area contributed by atoms with Crippen LogP contribution in [-0.2, 0) is 15.8 Å². The standard InChI is InChI=1S/C21H20ClNO3S2/c22-18-6-4-5-17(15-18)16-27-14-13-23-28(24,25)21-11-9-20(10-12-21)26-19-7-2-1-3-8-19/h1-12,15,23H,13-14,16H2.